The molecular weight excluding hydrogens is 467 g/mol. The van der Waals surface area contributed by atoms with Crippen LogP contribution in [0.15, 0.2) is 78.9 Å². The molecule has 0 saturated carbocycles. The molecule has 0 unspecified atom stereocenters. The van der Waals surface area contributed by atoms with Gasteiger partial charge in [0, 0.05) is 24.0 Å². The van der Waals surface area contributed by atoms with E-state index >= 15 is 0 Å². The molecule has 0 fully saturated rings. The lowest BCUT2D eigenvalue weighted by Crippen LogP contribution is -2.53. The summed E-state index contributed by atoms with van der Waals surface area (Å²) >= 11 is 5.93. The van der Waals surface area contributed by atoms with Crippen LogP contribution in [-0.2, 0) is 22.6 Å². The molecule has 0 radical (unpaired) electrons. The zero-order chi connectivity index (χ0) is 25.2. The lowest BCUT2D eigenvalue weighted by Gasteiger charge is -2.32. The number of benzene rings is 3. The predicted octanol–water partition coefficient (Wildman–Crippen LogP) is 5.41. The number of ether oxygens (including phenoxy) is 1. The first kappa shape index (κ1) is 26.2. The van der Waals surface area contributed by atoms with Gasteiger partial charge in [0.1, 0.15) is 17.6 Å². The van der Waals surface area contributed by atoms with E-state index in [4.69, 9.17) is 16.3 Å². The van der Waals surface area contributed by atoms with Crippen molar-refractivity contribution in [2.45, 2.75) is 45.3 Å². The van der Waals surface area contributed by atoms with Crippen molar-refractivity contribution in [3.63, 3.8) is 0 Å². The predicted molar refractivity (Wildman–Crippen MR) is 136 cm³/mol. The molecule has 2 amide bonds. The van der Waals surface area contributed by atoms with Gasteiger partial charge in [0.15, 0.2) is 6.61 Å². The van der Waals surface area contributed by atoms with Crippen LogP contribution in [0.25, 0.3) is 0 Å². The number of carbonyl (C=O) groups excluding carboxylic acids is 2. The summed E-state index contributed by atoms with van der Waals surface area (Å²) in [4.78, 5) is 28.4. The molecule has 0 aliphatic rings. The molecular formula is C28H30ClFN2O3. The van der Waals surface area contributed by atoms with E-state index in [-0.39, 0.29) is 36.8 Å². The Bertz CT molecular complexity index is 1090. The van der Waals surface area contributed by atoms with E-state index in [1.54, 1.807) is 36.4 Å². The standard InChI is InChI=1S/C28H30ClFN2O3/c1-3-20(2)31-28(34)26(17-21-7-5-4-6-8-21)32(18-22-9-13-24(30)14-10-22)27(33)19-35-25-15-11-23(29)12-16-25/h4-16,20,26H,3,17-19H2,1-2H3,(H,31,34)/t20-,26-/m0/s1. The van der Waals surface area contributed by atoms with Gasteiger partial charge in [0.2, 0.25) is 5.91 Å². The summed E-state index contributed by atoms with van der Waals surface area (Å²) in [7, 11) is 0. The van der Waals surface area contributed by atoms with E-state index < -0.39 is 6.04 Å². The summed E-state index contributed by atoms with van der Waals surface area (Å²) in [5, 5.41) is 3.57. The van der Waals surface area contributed by atoms with E-state index in [1.165, 1.54) is 17.0 Å². The van der Waals surface area contributed by atoms with Crippen molar-refractivity contribution in [1.29, 1.82) is 0 Å². The highest BCUT2D eigenvalue weighted by molar-refractivity contribution is 6.30. The van der Waals surface area contributed by atoms with Crippen LogP contribution in [0, 0.1) is 5.82 Å². The second-order valence-electron chi connectivity index (χ2n) is 8.41. The molecule has 3 rings (SSSR count). The summed E-state index contributed by atoms with van der Waals surface area (Å²) in [5.74, 6) is -0.476. The highest BCUT2D eigenvalue weighted by atomic mass is 35.5. The van der Waals surface area contributed by atoms with Crippen LogP contribution in [0.5, 0.6) is 5.75 Å². The van der Waals surface area contributed by atoms with Crippen LogP contribution >= 0.6 is 11.6 Å². The molecule has 1 N–H and O–H groups in total. The summed E-state index contributed by atoms with van der Waals surface area (Å²) in [6.07, 6.45) is 1.09. The van der Waals surface area contributed by atoms with Crippen molar-refractivity contribution in [2.24, 2.45) is 0 Å². The molecule has 0 aromatic heterocycles. The molecule has 35 heavy (non-hydrogen) atoms. The van der Waals surface area contributed by atoms with Gasteiger partial charge in [-0.2, -0.15) is 0 Å². The van der Waals surface area contributed by atoms with Gasteiger partial charge in [0.05, 0.1) is 0 Å². The molecule has 0 spiro atoms. The Kier molecular flexibility index (Phi) is 9.67. The maximum absolute atomic E-state index is 13.5. The topological polar surface area (TPSA) is 58.6 Å². The number of nitrogens with zero attached hydrogens (tertiary/aromatic N) is 1. The third-order valence-corrected chi connectivity index (χ3v) is 5.97. The summed E-state index contributed by atoms with van der Waals surface area (Å²) in [6.45, 7) is 3.78. The summed E-state index contributed by atoms with van der Waals surface area (Å²) in [6, 6.07) is 21.3. The highest BCUT2D eigenvalue weighted by Crippen LogP contribution is 2.18. The molecule has 2 atom stereocenters. The van der Waals surface area contributed by atoms with E-state index in [2.05, 4.69) is 5.32 Å². The van der Waals surface area contributed by atoms with Crippen LogP contribution in [0.4, 0.5) is 4.39 Å². The molecule has 184 valence electrons. The monoisotopic (exact) mass is 496 g/mol. The van der Waals surface area contributed by atoms with Crippen molar-refractivity contribution in [2.75, 3.05) is 6.61 Å². The Labute approximate surface area is 210 Å². The number of hydrogen-bond acceptors (Lipinski definition) is 3. The van der Waals surface area contributed by atoms with Gasteiger partial charge in [-0.25, -0.2) is 4.39 Å². The van der Waals surface area contributed by atoms with Gasteiger partial charge in [-0.05, 0) is 60.9 Å². The summed E-state index contributed by atoms with van der Waals surface area (Å²) < 4.78 is 19.2. The second-order valence-corrected chi connectivity index (χ2v) is 8.85. The van der Waals surface area contributed by atoms with Gasteiger partial charge in [-0.3, -0.25) is 9.59 Å². The van der Waals surface area contributed by atoms with Crippen LogP contribution in [0.1, 0.15) is 31.4 Å². The molecule has 3 aromatic rings. The number of nitrogens with one attached hydrogen (secondary N) is 1. The number of amides is 2. The normalized spacial score (nSPS) is 12.5. The fourth-order valence-electron chi connectivity index (χ4n) is 3.54. The van der Waals surface area contributed by atoms with Gasteiger partial charge < -0.3 is 15.0 Å². The minimum atomic E-state index is -0.780. The Morgan fingerprint density at radius 3 is 2.26 bits per heavy atom. The van der Waals surface area contributed by atoms with Crippen LogP contribution < -0.4 is 10.1 Å². The first-order valence-electron chi connectivity index (χ1n) is 11.6. The van der Waals surface area contributed by atoms with E-state index in [9.17, 15) is 14.0 Å². The molecule has 0 aliphatic heterocycles. The maximum Gasteiger partial charge on any atom is 0.261 e. The second kappa shape index (κ2) is 12.9. The zero-order valence-electron chi connectivity index (χ0n) is 19.9. The fraction of sp³-hybridized carbons (Fsp3) is 0.286. The van der Waals surface area contributed by atoms with Gasteiger partial charge in [0.25, 0.3) is 5.91 Å². The Morgan fingerprint density at radius 1 is 0.971 bits per heavy atom. The smallest absolute Gasteiger partial charge is 0.261 e. The van der Waals surface area contributed by atoms with E-state index in [0.717, 1.165) is 12.0 Å². The van der Waals surface area contributed by atoms with E-state index in [0.29, 0.717) is 22.8 Å². The fourth-order valence-corrected chi connectivity index (χ4v) is 3.67. The van der Waals surface area contributed by atoms with Crippen LogP contribution in [0.3, 0.4) is 0 Å². The highest BCUT2D eigenvalue weighted by Gasteiger charge is 2.31. The van der Waals surface area contributed by atoms with Gasteiger partial charge >= 0.3 is 0 Å². The van der Waals surface area contributed by atoms with Crippen LogP contribution in [-0.4, -0.2) is 35.4 Å². The Balaban J connectivity index is 1.89. The van der Waals surface area contributed by atoms with Crippen LogP contribution in [0.2, 0.25) is 5.02 Å². The van der Waals surface area contributed by atoms with Crippen molar-refractivity contribution >= 4 is 23.4 Å². The first-order chi connectivity index (χ1) is 16.9. The van der Waals surface area contributed by atoms with Crippen molar-refractivity contribution in [1.82, 2.24) is 10.2 Å². The lowest BCUT2D eigenvalue weighted by molar-refractivity contribution is -0.143. The quantitative estimate of drug-likeness (QED) is 0.386. The zero-order valence-corrected chi connectivity index (χ0v) is 20.7. The molecule has 0 heterocycles. The number of hydrogen-bond donors (Lipinski definition) is 1. The average molecular weight is 497 g/mol. The molecule has 0 saturated heterocycles. The molecule has 0 bridgehead atoms. The molecule has 0 aliphatic carbocycles. The number of halogens is 2. The first-order valence-corrected chi connectivity index (χ1v) is 12.0. The largest absolute Gasteiger partial charge is 0.484 e. The molecule has 3 aromatic carbocycles. The molecule has 5 nitrogen and oxygen atoms in total. The Hall–Kier alpha value is -3.38. The third-order valence-electron chi connectivity index (χ3n) is 5.71. The average Bonchev–Trinajstić information content (AvgIpc) is 2.87. The maximum atomic E-state index is 13.5. The number of rotatable bonds is 11. The van der Waals surface area contributed by atoms with Crippen molar-refractivity contribution in [3.8, 4) is 5.75 Å². The number of carbonyl (C=O) groups is 2. The van der Waals surface area contributed by atoms with Crippen molar-refractivity contribution in [3.05, 3.63) is 101 Å². The van der Waals surface area contributed by atoms with E-state index in [1.807, 2.05) is 44.2 Å². The third kappa shape index (κ3) is 8.11. The molecule has 7 heteroatoms. The van der Waals surface area contributed by atoms with Gasteiger partial charge in [-0.1, -0.05) is 61.0 Å². The Morgan fingerprint density at radius 2 is 1.63 bits per heavy atom. The SMILES string of the molecule is CC[C@H](C)NC(=O)[C@H](Cc1ccccc1)N(Cc1ccc(F)cc1)C(=O)COc1ccc(Cl)cc1. The minimum absolute atomic E-state index is 0.0473. The van der Waals surface area contributed by atoms with Crippen molar-refractivity contribution < 1.29 is 18.7 Å². The lowest BCUT2D eigenvalue weighted by atomic mass is 10.0. The summed E-state index contributed by atoms with van der Waals surface area (Å²) in [5.41, 5.74) is 1.63. The minimum Gasteiger partial charge on any atom is -0.484 e. The van der Waals surface area contributed by atoms with Gasteiger partial charge in [-0.15, -0.1) is 0 Å².